The highest BCUT2D eigenvalue weighted by molar-refractivity contribution is 8.27. The first-order valence-electron chi connectivity index (χ1n) is 5.74. The molecule has 18 heavy (non-hydrogen) atoms. The summed E-state index contributed by atoms with van der Waals surface area (Å²) in [5.74, 6) is 9.51. The van der Waals surface area contributed by atoms with Crippen molar-refractivity contribution in [3.05, 3.63) is 54.1 Å². The van der Waals surface area contributed by atoms with Crippen LogP contribution in [0.3, 0.4) is 0 Å². The predicted octanol–water partition coefficient (Wildman–Crippen LogP) is 4.09. The van der Waals surface area contributed by atoms with Gasteiger partial charge in [0.1, 0.15) is 5.75 Å². The Labute approximate surface area is 110 Å². The smallest absolute Gasteiger partial charge is 0.118 e. The number of hydrogen-bond donors (Lipinski definition) is 0. The lowest BCUT2D eigenvalue weighted by Crippen LogP contribution is -1.86. The fourth-order valence-electron chi connectivity index (χ4n) is 1.77. The van der Waals surface area contributed by atoms with Gasteiger partial charge in [0.15, 0.2) is 0 Å². The third-order valence-corrected chi connectivity index (χ3v) is 5.33. The van der Waals surface area contributed by atoms with Gasteiger partial charge in [-0.2, -0.15) is 9.21 Å². The number of aryl methyl sites for hydroxylation is 1. The molecule has 0 amide bonds. The molecule has 2 rings (SSSR count). The molecule has 0 aliphatic rings. The molecule has 0 radical (unpaired) electrons. The third-order valence-electron chi connectivity index (χ3n) is 2.98. The summed E-state index contributed by atoms with van der Waals surface area (Å²) in [6.45, 7) is 2.08. The average Bonchev–Trinajstić information content (AvgIpc) is 2.39. The second-order valence-corrected chi connectivity index (χ2v) is 7.08. The van der Waals surface area contributed by atoms with E-state index in [0.29, 0.717) is 0 Å². The van der Waals surface area contributed by atoms with E-state index in [4.69, 9.17) is 4.74 Å². The monoisotopic (exact) mass is 258 g/mol. The maximum atomic E-state index is 5.17. The zero-order valence-electron chi connectivity index (χ0n) is 10.8. The van der Waals surface area contributed by atoms with E-state index < -0.39 is 9.21 Å². The van der Waals surface area contributed by atoms with E-state index in [0.717, 1.165) is 10.6 Å². The van der Waals surface area contributed by atoms with Gasteiger partial charge in [-0.25, -0.2) is 0 Å². The van der Waals surface area contributed by atoms with Crippen LogP contribution in [0, 0.1) is 6.92 Å². The van der Waals surface area contributed by atoms with Crippen LogP contribution in [0.25, 0.3) is 0 Å². The zero-order chi connectivity index (χ0) is 13.2. The zero-order valence-corrected chi connectivity index (χ0v) is 11.7. The Balaban J connectivity index is 2.44. The molecule has 0 bridgehead atoms. The van der Waals surface area contributed by atoms with Gasteiger partial charge >= 0.3 is 0 Å². The van der Waals surface area contributed by atoms with Crippen molar-refractivity contribution in [2.75, 3.05) is 7.11 Å². The van der Waals surface area contributed by atoms with Crippen molar-refractivity contribution in [2.24, 2.45) is 0 Å². The van der Waals surface area contributed by atoms with Gasteiger partial charge in [-0.15, -0.1) is 0 Å². The van der Waals surface area contributed by atoms with E-state index in [1.54, 1.807) is 7.11 Å². The highest BCUT2D eigenvalue weighted by Crippen LogP contribution is 2.41. The quantitative estimate of drug-likeness (QED) is 0.753. The average molecular weight is 258 g/mol. The molecule has 0 aromatic heterocycles. The van der Waals surface area contributed by atoms with E-state index in [2.05, 4.69) is 42.9 Å². The van der Waals surface area contributed by atoms with Crippen LogP contribution in [-0.4, -0.2) is 18.9 Å². The molecule has 2 heteroatoms. The van der Waals surface area contributed by atoms with E-state index >= 15 is 0 Å². The highest BCUT2D eigenvalue weighted by atomic mass is 32.2. The first kappa shape index (κ1) is 12.8. The van der Waals surface area contributed by atoms with Crippen molar-refractivity contribution in [1.82, 2.24) is 0 Å². The van der Waals surface area contributed by atoms with E-state index in [1.807, 2.05) is 24.3 Å². The van der Waals surface area contributed by atoms with E-state index in [-0.39, 0.29) is 0 Å². The lowest BCUT2D eigenvalue weighted by Gasteiger charge is -2.16. The molecule has 2 aromatic rings. The third kappa shape index (κ3) is 2.44. The standard InChI is InChI=1S/C16H18OS/c1-13-5-9-15(10-6-13)18(3,4)16-11-7-14(17-2)8-12-16/h5-12H,3-4H2,1-2H3. The Morgan fingerprint density at radius 3 is 1.72 bits per heavy atom. The first-order valence-corrected chi connectivity index (χ1v) is 7.71. The number of rotatable bonds is 3. The molecule has 1 nitrogen and oxygen atoms in total. The molecule has 0 spiro atoms. The van der Waals surface area contributed by atoms with Crippen LogP contribution in [0.2, 0.25) is 0 Å². The maximum absolute atomic E-state index is 5.17. The minimum Gasteiger partial charge on any atom is -0.497 e. The molecule has 94 valence electrons. The predicted molar refractivity (Wildman–Crippen MR) is 82.5 cm³/mol. The van der Waals surface area contributed by atoms with Gasteiger partial charge in [-0.05, 0) is 43.3 Å². The van der Waals surface area contributed by atoms with Gasteiger partial charge in [-0.3, -0.25) is 0 Å². The summed E-state index contributed by atoms with van der Waals surface area (Å²) in [6.07, 6.45) is 0. The lowest BCUT2D eigenvalue weighted by molar-refractivity contribution is 0.414. The fourth-order valence-corrected chi connectivity index (χ4v) is 3.36. The van der Waals surface area contributed by atoms with Crippen molar-refractivity contribution in [2.45, 2.75) is 16.7 Å². The minimum absolute atomic E-state index is 0.859. The van der Waals surface area contributed by atoms with Crippen molar-refractivity contribution >= 4 is 20.9 Å². The highest BCUT2D eigenvalue weighted by Gasteiger charge is 2.05. The minimum atomic E-state index is -1.44. The van der Waals surface area contributed by atoms with Crippen LogP contribution in [0.4, 0.5) is 0 Å². The number of ether oxygens (including phenoxy) is 1. The molecule has 0 unspecified atom stereocenters. The van der Waals surface area contributed by atoms with Crippen LogP contribution in [0.15, 0.2) is 58.3 Å². The molecule has 0 aliphatic heterocycles. The van der Waals surface area contributed by atoms with Crippen molar-refractivity contribution in [3.63, 3.8) is 0 Å². The number of methoxy groups -OCH3 is 1. The topological polar surface area (TPSA) is 9.23 Å². The summed E-state index contributed by atoms with van der Waals surface area (Å²) in [5, 5.41) is 0. The van der Waals surface area contributed by atoms with Crippen LogP contribution >= 0.6 is 9.21 Å². The molecular formula is C16H18OS. The first-order chi connectivity index (χ1) is 8.54. The van der Waals surface area contributed by atoms with Crippen molar-refractivity contribution in [1.29, 1.82) is 0 Å². The Morgan fingerprint density at radius 2 is 1.28 bits per heavy atom. The molecule has 2 aromatic carbocycles. The second-order valence-electron chi connectivity index (χ2n) is 4.37. The van der Waals surface area contributed by atoms with Crippen LogP contribution in [0.1, 0.15) is 5.56 Å². The maximum Gasteiger partial charge on any atom is 0.118 e. The summed E-state index contributed by atoms with van der Waals surface area (Å²) in [4.78, 5) is 2.35. The van der Waals surface area contributed by atoms with Gasteiger partial charge < -0.3 is 4.74 Å². The van der Waals surface area contributed by atoms with Crippen LogP contribution in [-0.2, 0) is 0 Å². The summed E-state index contributed by atoms with van der Waals surface area (Å²) >= 11 is 0. The SMILES string of the molecule is C=S(=C)(c1ccc(C)cc1)c1ccc(OC)cc1. The molecule has 0 heterocycles. The Morgan fingerprint density at radius 1 is 0.833 bits per heavy atom. The molecule has 0 saturated heterocycles. The summed E-state index contributed by atoms with van der Waals surface area (Å²) in [6, 6.07) is 16.5. The van der Waals surface area contributed by atoms with E-state index in [9.17, 15) is 0 Å². The van der Waals surface area contributed by atoms with Crippen molar-refractivity contribution in [3.8, 4) is 5.75 Å². The molecule has 0 atom stereocenters. The summed E-state index contributed by atoms with van der Waals surface area (Å²) in [7, 11) is 0.234. The molecule has 0 N–H and O–H groups in total. The Kier molecular flexibility index (Phi) is 3.48. The fraction of sp³-hybridized carbons (Fsp3) is 0.125. The molecule has 0 fully saturated rings. The van der Waals surface area contributed by atoms with Gasteiger partial charge in [0.05, 0.1) is 7.11 Å². The van der Waals surface area contributed by atoms with Gasteiger partial charge in [0.2, 0.25) is 0 Å². The second kappa shape index (κ2) is 4.91. The normalized spacial score (nSPS) is 11.2. The van der Waals surface area contributed by atoms with Gasteiger partial charge in [0.25, 0.3) is 0 Å². The molecular weight excluding hydrogens is 240 g/mol. The largest absolute Gasteiger partial charge is 0.497 e. The summed E-state index contributed by atoms with van der Waals surface area (Å²) in [5.41, 5.74) is 1.25. The van der Waals surface area contributed by atoms with E-state index in [1.165, 1.54) is 10.5 Å². The van der Waals surface area contributed by atoms with Crippen LogP contribution in [0.5, 0.6) is 5.75 Å². The molecule has 0 aliphatic carbocycles. The van der Waals surface area contributed by atoms with Gasteiger partial charge in [0, 0.05) is 9.79 Å². The van der Waals surface area contributed by atoms with Gasteiger partial charge in [-0.1, -0.05) is 29.4 Å². The Bertz CT molecular complexity index is 620. The lowest BCUT2D eigenvalue weighted by atomic mass is 10.2. The number of benzene rings is 2. The van der Waals surface area contributed by atoms with Crippen LogP contribution < -0.4 is 4.74 Å². The number of hydrogen-bond acceptors (Lipinski definition) is 1. The Hall–Kier alpha value is -1.67. The molecule has 0 saturated carbocycles. The van der Waals surface area contributed by atoms with Crippen molar-refractivity contribution < 1.29 is 4.74 Å². The summed E-state index contributed by atoms with van der Waals surface area (Å²) < 4.78 is 5.17.